The molecule has 1 aliphatic carbocycles. The van der Waals surface area contributed by atoms with E-state index in [1.54, 1.807) is 0 Å². The molecule has 0 bridgehead atoms. The smallest absolute Gasteiger partial charge is 0.335 e. The lowest BCUT2D eigenvalue weighted by atomic mass is 9.77. The standard InChI is InChI=1S/C21H21N3O/c22-21(25)24-20(16-10-5-2-6-11-16)18-13-7-12-17(19(18)23-24)14-15-8-3-1-4-9-15/h1-6,8-11,14,18,20H,7,12-13H2,(H2,22,25)/b17-14+. The van der Waals surface area contributed by atoms with Gasteiger partial charge in [0, 0.05) is 5.92 Å². The Hall–Kier alpha value is -2.88. The molecule has 2 amide bonds. The monoisotopic (exact) mass is 331 g/mol. The minimum absolute atomic E-state index is 0.104. The van der Waals surface area contributed by atoms with Crippen LogP contribution in [0.4, 0.5) is 4.79 Å². The number of urea groups is 1. The third kappa shape index (κ3) is 2.95. The summed E-state index contributed by atoms with van der Waals surface area (Å²) in [5.74, 6) is 0.207. The van der Waals surface area contributed by atoms with Gasteiger partial charge in [-0.2, -0.15) is 5.10 Å². The van der Waals surface area contributed by atoms with Crippen LogP contribution in [-0.2, 0) is 0 Å². The van der Waals surface area contributed by atoms with Crippen molar-refractivity contribution in [2.75, 3.05) is 0 Å². The Balaban J connectivity index is 1.74. The zero-order valence-corrected chi connectivity index (χ0v) is 14.0. The topological polar surface area (TPSA) is 58.7 Å². The molecule has 0 saturated heterocycles. The van der Waals surface area contributed by atoms with Gasteiger partial charge in [-0.05, 0) is 42.0 Å². The highest BCUT2D eigenvalue weighted by molar-refractivity contribution is 6.08. The van der Waals surface area contributed by atoms with Crippen LogP contribution in [0.25, 0.3) is 6.08 Å². The summed E-state index contributed by atoms with van der Waals surface area (Å²) in [6.45, 7) is 0. The van der Waals surface area contributed by atoms with Gasteiger partial charge in [-0.3, -0.25) is 0 Å². The lowest BCUT2D eigenvalue weighted by Crippen LogP contribution is -2.35. The second-order valence-corrected chi connectivity index (χ2v) is 6.60. The molecular weight excluding hydrogens is 310 g/mol. The third-order valence-electron chi connectivity index (χ3n) is 5.01. The number of hydrazone groups is 1. The van der Waals surface area contributed by atoms with Gasteiger partial charge in [0.25, 0.3) is 0 Å². The molecule has 4 heteroatoms. The predicted octanol–water partition coefficient (Wildman–Crippen LogP) is 4.36. The van der Waals surface area contributed by atoms with E-state index in [0.29, 0.717) is 0 Å². The van der Waals surface area contributed by atoms with Crippen LogP contribution in [0.5, 0.6) is 0 Å². The number of primary amides is 1. The van der Waals surface area contributed by atoms with Crippen LogP contribution in [0, 0.1) is 5.92 Å². The van der Waals surface area contributed by atoms with Crippen LogP contribution >= 0.6 is 0 Å². The molecule has 25 heavy (non-hydrogen) atoms. The minimum atomic E-state index is -0.491. The molecule has 2 aromatic rings. The Morgan fingerprint density at radius 3 is 2.44 bits per heavy atom. The first kappa shape index (κ1) is 15.6. The molecule has 0 aromatic heterocycles. The number of rotatable bonds is 2. The molecule has 1 saturated carbocycles. The zero-order valence-electron chi connectivity index (χ0n) is 14.0. The molecule has 2 atom stereocenters. The number of hydrogen-bond donors (Lipinski definition) is 1. The SMILES string of the molecule is NC(=O)N1N=C2/C(=C/c3ccccc3)CCCC2C1c1ccccc1. The lowest BCUT2D eigenvalue weighted by molar-refractivity contribution is 0.184. The predicted molar refractivity (Wildman–Crippen MR) is 99.8 cm³/mol. The molecule has 1 fully saturated rings. The third-order valence-corrected chi connectivity index (χ3v) is 5.01. The van der Waals surface area contributed by atoms with Crippen LogP contribution in [-0.4, -0.2) is 16.8 Å². The molecule has 4 rings (SSSR count). The summed E-state index contributed by atoms with van der Waals surface area (Å²) in [4.78, 5) is 12.0. The van der Waals surface area contributed by atoms with E-state index >= 15 is 0 Å². The van der Waals surface area contributed by atoms with E-state index in [2.05, 4.69) is 23.3 Å². The van der Waals surface area contributed by atoms with Crippen molar-refractivity contribution in [3.05, 3.63) is 77.4 Å². The molecule has 1 heterocycles. The number of carbonyl (C=O) groups is 1. The highest BCUT2D eigenvalue weighted by atomic mass is 16.2. The maximum atomic E-state index is 12.0. The number of allylic oxidation sites excluding steroid dienone is 1. The molecular formula is C21H21N3O. The van der Waals surface area contributed by atoms with Crippen molar-refractivity contribution in [2.24, 2.45) is 16.8 Å². The first-order valence-electron chi connectivity index (χ1n) is 8.72. The van der Waals surface area contributed by atoms with Crippen molar-refractivity contribution in [1.82, 2.24) is 5.01 Å². The summed E-state index contributed by atoms with van der Waals surface area (Å²) in [6, 6.07) is 19.7. The summed E-state index contributed by atoms with van der Waals surface area (Å²) in [5, 5.41) is 6.12. The highest BCUT2D eigenvalue weighted by Gasteiger charge is 2.43. The number of hydrogen-bond acceptors (Lipinski definition) is 2. The Kier molecular flexibility index (Phi) is 4.10. The number of carbonyl (C=O) groups excluding carboxylic acids is 1. The number of nitrogens with zero attached hydrogens (tertiary/aromatic N) is 2. The van der Waals surface area contributed by atoms with Gasteiger partial charge in [0.1, 0.15) is 0 Å². The molecule has 2 unspecified atom stereocenters. The summed E-state index contributed by atoms with van der Waals surface area (Å²) in [5.41, 5.74) is 10.1. The van der Waals surface area contributed by atoms with Gasteiger partial charge in [-0.1, -0.05) is 60.7 Å². The van der Waals surface area contributed by atoms with E-state index in [1.807, 2.05) is 48.5 Å². The average Bonchev–Trinajstić information content (AvgIpc) is 3.04. The molecule has 2 aliphatic rings. The van der Waals surface area contributed by atoms with Crippen LogP contribution in [0.2, 0.25) is 0 Å². The van der Waals surface area contributed by atoms with Gasteiger partial charge in [0.2, 0.25) is 0 Å². The van der Waals surface area contributed by atoms with E-state index < -0.39 is 6.03 Å². The first-order valence-corrected chi connectivity index (χ1v) is 8.72. The summed E-state index contributed by atoms with van der Waals surface area (Å²) in [7, 11) is 0. The van der Waals surface area contributed by atoms with Crippen molar-refractivity contribution in [3.8, 4) is 0 Å². The molecule has 126 valence electrons. The van der Waals surface area contributed by atoms with Gasteiger partial charge in [-0.25, -0.2) is 9.80 Å². The quantitative estimate of drug-likeness (QED) is 0.873. The van der Waals surface area contributed by atoms with Gasteiger partial charge < -0.3 is 5.73 Å². The van der Waals surface area contributed by atoms with Gasteiger partial charge in [-0.15, -0.1) is 0 Å². The Morgan fingerprint density at radius 1 is 1.08 bits per heavy atom. The van der Waals surface area contributed by atoms with E-state index in [4.69, 9.17) is 5.73 Å². The lowest BCUT2D eigenvalue weighted by Gasteiger charge is -2.28. The largest absolute Gasteiger partial charge is 0.350 e. The molecule has 0 radical (unpaired) electrons. The summed E-state index contributed by atoms with van der Waals surface area (Å²) in [6.07, 6.45) is 5.29. The zero-order chi connectivity index (χ0) is 17.2. The molecule has 0 spiro atoms. The van der Waals surface area contributed by atoms with Crippen molar-refractivity contribution in [1.29, 1.82) is 0 Å². The maximum absolute atomic E-state index is 12.0. The van der Waals surface area contributed by atoms with Crippen molar-refractivity contribution < 1.29 is 4.79 Å². The molecule has 4 nitrogen and oxygen atoms in total. The fraction of sp³-hybridized carbons (Fsp3) is 0.238. The van der Waals surface area contributed by atoms with E-state index in [9.17, 15) is 4.79 Å². The van der Waals surface area contributed by atoms with Gasteiger partial charge in [0.05, 0.1) is 11.8 Å². The van der Waals surface area contributed by atoms with Crippen molar-refractivity contribution >= 4 is 17.8 Å². The van der Waals surface area contributed by atoms with E-state index in [-0.39, 0.29) is 12.0 Å². The summed E-state index contributed by atoms with van der Waals surface area (Å²) < 4.78 is 0. The number of fused-ring (bicyclic) bond motifs is 1. The van der Waals surface area contributed by atoms with Gasteiger partial charge in [0.15, 0.2) is 0 Å². The van der Waals surface area contributed by atoms with Crippen LogP contribution < -0.4 is 5.73 Å². The average molecular weight is 331 g/mol. The van der Waals surface area contributed by atoms with E-state index in [0.717, 1.165) is 36.1 Å². The second kappa shape index (κ2) is 6.55. The Labute approximate surface area is 147 Å². The minimum Gasteiger partial charge on any atom is -0.350 e. The van der Waals surface area contributed by atoms with Crippen LogP contribution in [0.15, 0.2) is 71.3 Å². The normalized spacial score (nSPS) is 24.1. The Morgan fingerprint density at radius 2 is 1.76 bits per heavy atom. The number of amides is 2. The molecule has 2 aromatic carbocycles. The van der Waals surface area contributed by atoms with Crippen molar-refractivity contribution in [2.45, 2.75) is 25.3 Å². The highest BCUT2D eigenvalue weighted by Crippen LogP contribution is 2.44. The molecule has 2 N–H and O–H groups in total. The number of benzene rings is 2. The van der Waals surface area contributed by atoms with Crippen LogP contribution in [0.3, 0.4) is 0 Å². The number of nitrogens with two attached hydrogens (primary N) is 1. The van der Waals surface area contributed by atoms with Crippen molar-refractivity contribution in [3.63, 3.8) is 0 Å². The fourth-order valence-electron chi connectivity index (χ4n) is 3.92. The van der Waals surface area contributed by atoms with E-state index in [1.165, 1.54) is 10.6 Å². The first-order chi connectivity index (χ1) is 12.2. The maximum Gasteiger partial charge on any atom is 0.335 e. The summed E-state index contributed by atoms with van der Waals surface area (Å²) >= 11 is 0. The molecule has 1 aliphatic heterocycles. The Bertz CT molecular complexity index is 827. The van der Waals surface area contributed by atoms with Gasteiger partial charge >= 0.3 is 6.03 Å². The fourth-order valence-corrected chi connectivity index (χ4v) is 3.92. The van der Waals surface area contributed by atoms with Crippen LogP contribution in [0.1, 0.15) is 36.4 Å². The second-order valence-electron chi connectivity index (χ2n) is 6.60.